The molecule has 0 saturated carbocycles. The van der Waals surface area contributed by atoms with Crippen LogP contribution in [0.1, 0.15) is 5.56 Å². The lowest BCUT2D eigenvalue weighted by Gasteiger charge is -2.07. The highest BCUT2D eigenvalue weighted by Gasteiger charge is 2.19. The number of methoxy groups -OCH3 is 1. The molecule has 0 unspecified atom stereocenters. The molecule has 2 aromatic rings. The lowest BCUT2D eigenvalue weighted by molar-refractivity contribution is -0.142. The summed E-state index contributed by atoms with van der Waals surface area (Å²) in [5.74, 6) is -0.527. The summed E-state index contributed by atoms with van der Waals surface area (Å²) in [5.41, 5.74) is 7.01. The van der Waals surface area contributed by atoms with Gasteiger partial charge >= 0.3 is 5.97 Å². The van der Waals surface area contributed by atoms with Crippen LogP contribution in [0.5, 0.6) is 0 Å². The highest BCUT2D eigenvalue weighted by molar-refractivity contribution is 7.89. The summed E-state index contributed by atoms with van der Waals surface area (Å²) < 4.78 is 29.3. The van der Waals surface area contributed by atoms with Crippen LogP contribution in [-0.4, -0.2) is 37.8 Å². The molecule has 2 N–H and O–H groups in total. The van der Waals surface area contributed by atoms with E-state index in [4.69, 9.17) is 5.73 Å². The SMILES string of the molecule is COC(=O)[C@@H](N)Cc1cn(S(C)(=O)=O)c2ccccc12. The van der Waals surface area contributed by atoms with Gasteiger partial charge in [-0.1, -0.05) is 18.2 Å². The molecular formula is C13H16N2O4S. The minimum Gasteiger partial charge on any atom is -0.468 e. The van der Waals surface area contributed by atoms with Gasteiger partial charge in [0.1, 0.15) is 6.04 Å². The molecule has 108 valence electrons. The summed E-state index contributed by atoms with van der Waals surface area (Å²) in [6.45, 7) is 0. The zero-order valence-corrected chi connectivity index (χ0v) is 12.1. The average molecular weight is 296 g/mol. The topological polar surface area (TPSA) is 91.4 Å². The first kappa shape index (κ1) is 14.5. The number of rotatable bonds is 4. The van der Waals surface area contributed by atoms with Crippen molar-refractivity contribution in [2.75, 3.05) is 13.4 Å². The summed E-state index contributed by atoms with van der Waals surface area (Å²) in [4.78, 5) is 11.4. The molecule has 1 heterocycles. The maximum atomic E-state index is 11.8. The molecule has 0 bridgehead atoms. The molecule has 0 fully saturated rings. The van der Waals surface area contributed by atoms with E-state index in [-0.39, 0.29) is 6.42 Å². The van der Waals surface area contributed by atoms with E-state index < -0.39 is 22.0 Å². The molecule has 1 aromatic heterocycles. The number of esters is 1. The molecule has 2 rings (SSSR count). The first-order valence-corrected chi connectivity index (χ1v) is 7.82. The molecule has 0 aliphatic rings. The summed E-state index contributed by atoms with van der Waals surface area (Å²) in [5, 5.41) is 0.761. The van der Waals surface area contributed by atoms with Gasteiger partial charge < -0.3 is 10.5 Å². The van der Waals surface area contributed by atoms with E-state index in [9.17, 15) is 13.2 Å². The Bertz CT molecular complexity index is 749. The summed E-state index contributed by atoms with van der Waals surface area (Å²) >= 11 is 0. The largest absolute Gasteiger partial charge is 0.468 e. The molecule has 0 radical (unpaired) electrons. The van der Waals surface area contributed by atoms with E-state index in [1.165, 1.54) is 17.3 Å². The predicted octanol–water partition coefficient (Wildman–Crippen LogP) is 0.492. The Morgan fingerprint density at radius 2 is 2.05 bits per heavy atom. The van der Waals surface area contributed by atoms with Gasteiger partial charge in [0.15, 0.2) is 0 Å². The van der Waals surface area contributed by atoms with Crippen molar-refractivity contribution in [1.29, 1.82) is 0 Å². The van der Waals surface area contributed by atoms with Crippen molar-refractivity contribution in [3.8, 4) is 0 Å². The first-order valence-electron chi connectivity index (χ1n) is 5.97. The minimum absolute atomic E-state index is 0.218. The predicted molar refractivity (Wildman–Crippen MR) is 75.9 cm³/mol. The van der Waals surface area contributed by atoms with Crippen molar-refractivity contribution in [2.24, 2.45) is 5.73 Å². The molecule has 0 saturated heterocycles. The smallest absolute Gasteiger partial charge is 0.322 e. The van der Waals surface area contributed by atoms with Crippen molar-refractivity contribution < 1.29 is 17.9 Å². The molecular weight excluding hydrogens is 280 g/mol. The third-order valence-electron chi connectivity index (χ3n) is 3.06. The van der Waals surface area contributed by atoms with Crippen LogP contribution in [0.15, 0.2) is 30.5 Å². The molecule has 1 aromatic carbocycles. The number of nitrogens with zero attached hydrogens (tertiary/aromatic N) is 1. The number of ether oxygens (including phenoxy) is 1. The first-order chi connectivity index (χ1) is 9.34. The molecule has 1 atom stereocenters. The quantitative estimate of drug-likeness (QED) is 0.829. The molecule has 0 spiro atoms. The highest BCUT2D eigenvalue weighted by atomic mass is 32.2. The van der Waals surface area contributed by atoms with E-state index in [1.54, 1.807) is 18.2 Å². The van der Waals surface area contributed by atoms with Crippen LogP contribution < -0.4 is 5.73 Å². The fourth-order valence-corrected chi connectivity index (χ4v) is 2.96. The van der Waals surface area contributed by atoms with Crippen LogP contribution in [0.25, 0.3) is 10.9 Å². The number of carbonyl (C=O) groups is 1. The third-order valence-corrected chi connectivity index (χ3v) is 4.08. The van der Waals surface area contributed by atoms with Crippen LogP contribution in [0.4, 0.5) is 0 Å². The number of aromatic nitrogens is 1. The summed E-state index contributed by atoms with van der Waals surface area (Å²) in [7, 11) is -2.14. The second-order valence-electron chi connectivity index (χ2n) is 4.56. The summed E-state index contributed by atoms with van der Waals surface area (Å²) in [6, 6.07) is 6.26. The monoisotopic (exact) mass is 296 g/mol. The van der Waals surface area contributed by atoms with Gasteiger partial charge in [0, 0.05) is 18.0 Å². The molecule has 0 amide bonds. The Kier molecular flexibility index (Phi) is 3.82. The average Bonchev–Trinajstić information content (AvgIpc) is 2.77. The van der Waals surface area contributed by atoms with Crippen molar-refractivity contribution in [3.05, 3.63) is 36.0 Å². The number of nitrogens with two attached hydrogens (primary N) is 1. The van der Waals surface area contributed by atoms with Gasteiger partial charge in [-0.3, -0.25) is 4.79 Å². The number of hydrogen-bond acceptors (Lipinski definition) is 5. The Morgan fingerprint density at radius 3 is 2.65 bits per heavy atom. The molecule has 0 aliphatic carbocycles. The molecule has 20 heavy (non-hydrogen) atoms. The van der Waals surface area contributed by atoms with E-state index in [0.29, 0.717) is 11.1 Å². The standard InChI is InChI=1S/C13H16N2O4S/c1-19-13(16)11(14)7-9-8-15(20(2,17)18)12-6-4-3-5-10(9)12/h3-6,8,11H,7,14H2,1-2H3/t11-/m0/s1. The van der Waals surface area contributed by atoms with Gasteiger partial charge in [-0.2, -0.15) is 0 Å². The van der Waals surface area contributed by atoms with E-state index >= 15 is 0 Å². The summed E-state index contributed by atoms with van der Waals surface area (Å²) in [6.07, 6.45) is 2.85. The van der Waals surface area contributed by atoms with E-state index in [1.807, 2.05) is 6.07 Å². The van der Waals surface area contributed by atoms with Crippen molar-refractivity contribution >= 4 is 26.9 Å². The minimum atomic E-state index is -3.41. The number of fused-ring (bicyclic) bond motifs is 1. The second kappa shape index (κ2) is 5.26. The third kappa shape index (κ3) is 2.68. The van der Waals surface area contributed by atoms with Gasteiger partial charge in [0.25, 0.3) is 0 Å². The lowest BCUT2D eigenvalue weighted by atomic mass is 10.1. The fourth-order valence-electron chi connectivity index (χ4n) is 2.13. The molecule has 6 nitrogen and oxygen atoms in total. The van der Waals surface area contributed by atoms with Crippen molar-refractivity contribution in [1.82, 2.24) is 3.97 Å². The normalized spacial score (nSPS) is 13.3. The molecule has 0 aliphatic heterocycles. The number of para-hydroxylation sites is 1. The van der Waals surface area contributed by atoms with Gasteiger partial charge in [-0.05, 0) is 11.6 Å². The fraction of sp³-hybridized carbons (Fsp3) is 0.308. The Balaban J connectivity index is 2.52. The van der Waals surface area contributed by atoms with Gasteiger partial charge in [-0.15, -0.1) is 0 Å². The van der Waals surface area contributed by atoms with E-state index in [0.717, 1.165) is 11.6 Å². The zero-order valence-electron chi connectivity index (χ0n) is 11.2. The van der Waals surface area contributed by atoms with Gasteiger partial charge in [-0.25, -0.2) is 12.4 Å². The highest BCUT2D eigenvalue weighted by Crippen LogP contribution is 2.23. The number of benzene rings is 1. The van der Waals surface area contributed by atoms with Crippen LogP contribution in [0, 0.1) is 0 Å². The van der Waals surface area contributed by atoms with Crippen LogP contribution in [0.2, 0.25) is 0 Å². The molecule has 7 heteroatoms. The Hall–Kier alpha value is -1.86. The van der Waals surface area contributed by atoms with Crippen LogP contribution in [-0.2, 0) is 26.0 Å². The van der Waals surface area contributed by atoms with Crippen LogP contribution >= 0.6 is 0 Å². The number of hydrogen-bond donors (Lipinski definition) is 1. The number of carbonyl (C=O) groups excluding carboxylic acids is 1. The van der Waals surface area contributed by atoms with Gasteiger partial charge in [0.2, 0.25) is 10.0 Å². The van der Waals surface area contributed by atoms with E-state index in [2.05, 4.69) is 4.74 Å². The maximum absolute atomic E-state index is 11.8. The lowest BCUT2D eigenvalue weighted by Crippen LogP contribution is -2.33. The second-order valence-corrected chi connectivity index (χ2v) is 6.42. The van der Waals surface area contributed by atoms with Crippen LogP contribution in [0.3, 0.4) is 0 Å². The van der Waals surface area contributed by atoms with Crippen molar-refractivity contribution in [3.63, 3.8) is 0 Å². The zero-order chi connectivity index (χ0) is 14.9. The Morgan fingerprint density at radius 1 is 1.40 bits per heavy atom. The van der Waals surface area contributed by atoms with Gasteiger partial charge in [0.05, 0.1) is 18.9 Å². The van der Waals surface area contributed by atoms with Crippen molar-refractivity contribution in [2.45, 2.75) is 12.5 Å². The maximum Gasteiger partial charge on any atom is 0.322 e. The Labute approximate surface area is 117 Å².